The van der Waals surface area contributed by atoms with Gasteiger partial charge in [-0.1, -0.05) is 23.1 Å². The van der Waals surface area contributed by atoms with Crippen molar-refractivity contribution in [1.29, 1.82) is 0 Å². The van der Waals surface area contributed by atoms with E-state index in [1.54, 1.807) is 13.0 Å². The van der Waals surface area contributed by atoms with Crippen LogP contribution in [0.4, 0.5) is 5.13 Å². The molecule has 0 aliphatic heterocycles. The van der Waals surface area contributed by atoms with Gasteiger partial charge in [-0.3, -0.25) is 10.2 Å². The van der Waals surface area contributed by atoms with Crippen molar-refractivity contribution in [2.75, 3.05) is 5.73 Å². The standard InChI is InChI=1S/C9H11N5O2S2/c1-4-2-5(16-6(4)7(15)12-11)3-17-9-14-13-8(10)18-9/h2H,3,11H2,1H3,(H2,10,13)(H,12,15). The van der Waals surface area contributed by atoms with Gasteiger partial charge in [0, 0.05) is 5.56 Å². The van der Waals surface area contributed by atoms with Crippen molar-refractivity contribution in [1.82, 2.24) is 15.6 Å². The van der Waals surface area contributed by atoms with Gasteiger partial charge in [-0.05, 0) is 13.0 Å². The van der Waals surface area contributed by atoms with Crippen molar-refractivity contribution < 1.29 is 9.21 Å². The number of nitrogens with one attached hydrogen (secondary N) is 1. The summed E-state index contributed by atoms with van der Waals surface area (Å²) < 4.78 is 6.16. The van der Waals surface area contributed by atoms with Crippen LogP contribution in [0.3, 0.4) is 0 Å². The van der Waals surface area contributed by atoms with Crippen LogP contribution in [0.5, 0.6) is 0 Å². The lowest BCUT2D eigenvalue weighted by atomic mass is 10.2. The summed E-state index contributed by atoms with van der Waals surface area (Å²) in [6.07, 6.45) is 0. The molecule has 18 heavy (non-hydrogen) atoms. The Morgan fingerprint density at radius 1 is 1.61 bits per heavy atom. The van der Waals surface area contributed by atoms with E-state index in [1.807, 2.05) is 5.43 Å². The van der Waals surface area contributed by atoms with Gasteiger partial charge >= 0.3 is 5.91 Å². The number of thioether (sulfide) groups is 1. The van der Waals surface area contributed by atoms with Crippen LogP contribution in [-0.2, 0) is 5.75 Å². The third kappa shape index (κ3) is 2.81. The number of aromatic nitrogens is 2. The van der Waals surface area contributed by atoms with E-state index in [2.05, 4.69) is 10.2 Å². The molecule has 0 spiro atoms. The fourth-order valence-corrected chi connectivity index (χ4v) is 2.84. The summed E-state index contributed by atoms with van der Waals surface area (Å²) in [7, 11) is 0. The molecule has 0 radical (unpaired) electrons. The molecule has 96 valence electrons. The topological polar surface area (TPSA) is 120 Å². The first kappa shape index (κ1) is 12.9. The quantitative estimate of drug-likeness (QED) is 0.330. The van der Waals surface area contributed by atoms with Gasteiger partial charge in [0.2, 0.25) is 5.13 Å². The molecule has 0 unspecified atom stereocenters. The highest BCUT2D eigenvalue weighted by Crippen LogP contribution is 2.28. The zero-order valence-electron chi connectivity index (χ0n) is 9.47. The third-order valence-corrected chi connectivity index (χ3v) is 3.97. The maximum absolute atomic E-state index is 11.4. The molecule has 2 rings (SSSR count). The number of hydrogen-bond acceptors (Lipinski definition) is 8. The maximum atomic E-state index is 11.4. The van der Waals surface area contributed by atoms with Crippen molar-refractivity contribution in [2.45, 2.75) is 17.0 Å². The number of nitrogen functional groups attached to an aromatic ring is 2. The fraction of sp³-hybridized carbons (Fsp3) is 0.222. The van der Waals surface area contributed by atoms with E-state index in [4.69, 9.17) is 16.0 Å². The Hall–Kier alpha value is -1.58. The van der Waals surface area contributed by atoms with Crippen LogP contribution in [0, 0.1) is 6.92 Å². The number of carbonyl (C=O) groups excluding carboxylic acids is 1. The highest BCUT2D eigenvalue weighted by Gasteiger charge is 2.15. The van der Waals surface area contributed by atoms with Crippen molar-refractivity contribution in [3.8, 4) is 0 Å². The molecular formula is C9H11N5O2S2. The van der Waals surface area contributed by atoms with Crippen molar-refractivity contribution in [3.05, 3.63) is 23.2 Å². The first-order valence-corrected chi connectivity index (χ1v) is 6.72. The Kier molecular flexibility index (Phi) is 3.84. The first-order chi connectivity index (χ1) is 8.60. The minimum atomic E-state index is -0.441. The van der Waals surface area contributed by atoms with Crippen LogP contribution < -0.4 is 17.0 Å². The number of anilines is 1. The van der Waals surface area contributed by atoms with Crippen LogP contribution in [0.25, 0.3) is 0 Å². The number of aryl methyl sites for hydroxylation is 1. The molecule has 0 saturated heterocycles. The molecule has 0 bridgehead atoms. The molecule has 0 fully saturated rings. The summed E-state index contributed by atoms with van der Waals surface area (Å²) in [6, 6.07) is 1.79. The molecule has 7 nitrogen and oxygen atoms in total. The summed E-state index contributed by atoms with van der Waals surface area (Å²) >= 11 is 2.75. The van der Waals surface area contributed by atoms with E-state index in [0.717, 1.165) is 9.90 Å². The number of carbonyl (C=O) groups is 1. The number of nitrogens with zero attached hydrogens (tertiary/aromatic N) is 2. The van der Waals surface area contributed by atoms with Gasteiger partial charge < -0.3 is 10.2 Å². The Morgan fingerprint density at radius 2 is 2.39 bits per heavy atom. The molecule has 0 aliphatic rings. The second kappa shape index (κ2) is 5.38. The van der Waals surface area contributed by atoms with E-state index >= 15 is 0 Å². The van der Waals surface area contributed by atoms with Crippen LogP contribution in [0.1, 0.15) is 21.9 Å². The number of amides is 1. The zero-order valence-corrected chi connectivity index (χ0v) is 11.1. The Morgan fingerprint density at radius 3 is 3.00 bits per heavy atom. The van der Waals surface area contributed by atoms with Crippen LogP contribution in [0.15, 0.2) is 14.8 Å². The predicted octanol–water partition coefficient (Wildman–Crippen LogP) is 0.918. The fourth-order valence-electron chi connectivity index (χ4n) is 1.32. The monoisotopic (exact) mass is 285 g/mol. The molecule has 0 atom stereocenters. The minimum Gasteiger partial charge on any atom is -0.455 e. The molecule has 5 N–H and O–H groups in total. The van der Waals surface area contributed by atoms with Crippen LogP contribution in [0.2, 0.25) is 0 Å². The number of rotatable bonds is 4. The van der Waals surface area contributed by atoms with Gasteiger partial charge in [-0.15, -0.1) is 10.2 Å². The summed E-state index contributed by atoms with van der Waals surface area (Å²) in [6.45, 7) is 1.78. The molecule has 2 aromatic rings. The van der Waals surface area contributed by atoms with Crippen molar-refractivity contribution in [2.24, 2.45) is 5.84 Å². The zero-order chi connectivity index (χ0) is 13.1. The molecule has 2 heterocycles. The molecule has 0 aromatic carbocycles. The van der Waals surface area contributed by atoms with Gasteiger partial charge in [-0.2, -0.15) is 0 Å². The predicted molar refractivity (Wildman–Crippen MR) is 69.0 cm³/mol. The van der Waals surface area contributed by atoms with E-state index < -0.39 is 5.91 Å². The van der Waals surface area contributed by atoms with E-state index in [0.29, 0.717) is 16.6 Å². The normalized spacial score (nSPS) is 10.6. The second-order valence-electron chi connectivity index (χ2n) is 3.39. The Bertz CT molecular complexity index is 565. The Labute approximate surface area is 111 Å². The molecular weight excluding hydrogens is 274 g/mol. The smallest absolute Gasteiger partial charge is 0.301 e. The lowest BCUT2D eigenvalue weighted by molar-refractivity contribution is 0.0923. The van der Waals surface area contributed by atoms with Gasteiger partial charge in [-0.25, -0.2) is 5.84 Å². The third-order valence-electron chi connectivity index (χ3n) is 2.07. The first-order valence-electron chi connectivity index (χ1n) is 4.92. The molecule has 0 aliphatic carbocycles. The van der Waals surface area contributed by atoms with E-state index in [-0.39, 0.29) is 5.76 Å². The average Bonchev–Trinajstić information content (AvgIpc) is 2.92. The van der Waals surface area contributed by atoms with Crippen LogP contribution in [-0.4, -0.2) is 16.1 Å². The second-order valence-corrected chi connectivity index (χ2v) is 5.62. The SMILES string of the molecule is Cc1cc(CSc2nnc(N)s2)oc1C(=O)NN. The van der Waals surface area contributed by atoms with E-state index in [1.165, 1.54) is 23.1 Å². The molecule has 9 heteroatoms. The van der Waals surface area contributed by atoms with Gasteiger partial charge in [0.05, 0.1) is 5.75 Å². The van der Waals surface area contributed by atoms with Gasteiger partial charge in [0.25, 0.3) is 0 Å². The van der Waals surface area contributed by atoms with Gasteiger partial charge in [0.1, 0.15) is 5.76 Å². The number of nitrogens with two attached hydrogens (primary N) is 2. The lowest BCUT2D eigenvalue weighted by Gasteiger charge is -1.95. The van der Waals surface area contributed by atoms with Crippen molar-refractivity contribution in [3.63, 3.8) is 0 Å². The number of furan rings is 1. The summed E-state index contributed by atoms with van der Waals surface area (Å²) in [4.78, 5) is 11.4. The lowest BCUT2D eigenvalue weighted by Crippen LogP contribution is -2.30. The number of hydrazine groups is 1. The largest absolute Gasteiger partial charge is 0.455 e. The Balaban J connectivity index is 2.04. The minimum absolute atomic E-state index is 0.227. The van der Waals surface area contributed by atoms with Crippen molar-refractivity contribution >= 4 is 34.1 Å². The van der Waals surface area contributed by atoms with E-state index in [9.17, 15) is 4.79 Å². The van der Waals surface area contributed by atoms with Crippen LogP contribution >= 0.6 is 23.1 Å². The number of hydrogen-bond donors (Lipinski definition) is 3. The average molecular weight is 285 g/mol. The maximum Gasteiger partial charge on any atom is 0.301 e. The highest BCUT2D eigenvalue weighted by atomic mass is 32.2. The summed E-state index contributed by atoms with van der Waals surface area (Å²) in [5.41, 5.74) is 8.25. The molecule has 0 saturated carbocycles. The summed E-state index contributed by atoms with van der Waals surface area (Å²) in [5, 5.41) is 8.01. The highest BCUT2D eigenvalue weighted by molar-refractivity contribution is 8.00. The summed E-state index contributed by atoms with van der Waals surface area (Å²) in [5.74, 6) is 6.06. The van der Waals surface area contributed by atoms with Gasteiger partial charge in [0.15, 0.2) is 10.1 Å². The molecule has 1 amide bonds. The molecule has 2 aromatic heterocycles.